The Morgan fingerprint density at radius 1 is 0.292 bits per heavy atom. The van der Waals surface area contributed by atoms with E-state index < -0.39 is 10.8 Å². The molecule has 0 saturated heterocycles. The molecule has 0 radical (unpaired) electrons. The van der Waals surface area contributed by atoms with Crippen molar-refractivity contribution in [1.29, 1.82) is 0 Å². The van der Waals surface area contributed by atoms with Crippen LogP contribution in [-0.4, -0.2) is 0 Å². The lowest BCUT2D eigenvalue weighted by Crippen LogP contribution is -2.32. The van der Waals surface area contributed by atoms with Gasteiger partial charge in [-0.3, -0.25) is 0 Å². The molecule has 0 fully saturated rings. The Morgan fingerprint density at radius 3 is 1.32 bits per heavy atom. The van der Waals surface area contributed by atoms with Crippen LogP contribution in [0, 0.1) is 0 Å². The van der Waals surface area contributed by atoms with Crippen molar-refractivity contribution in [1.82, 2.24) is 0 Å². The average Bonchev–Trinajstić information content (AvgIpc) is 4.07. The molecule has 72 heavy (non-hydrogen) atoms. The summed E-state index contributed by atoms with van der Waals surface area (Å²) in [6.45, 7) is 0. The van der Waals surface area contributed by atoms with Crippen LogP contribution in [0.2, 0.25) is 0 Å². The van der Waals surface area contributed by atoms with E-state index in [4.69, 9.17) is 0 Å². The highest BCUT2D eigenvalue weighted by Gasteiger charge is 2.52. The van der Waals surface area contributed by atoms with Gasteiger partial charge in [-0.1, -0.05) is 206 Å². The quantitative estimate of drug-likeness (QED) is 0.173. The van der Waals surface area contributed by atoms with Gasteiger partial charge in [-0.05, 0) is 139 Å². The van der Waals surface area contributed by atoms with Crippen molar-refractivity contribution in [3.63, 3.8) is 0 Å². The van der Waals surface area contributed by atoms with Gasteiger partial charge in [0.2, 0.25) is 0 Å². The fraction of sp³-hybridized carbons (Fsp3) is 0.0294. The minimum absolute atomic E-state index is 0.481. The van der Waals surface area contributed by atoms with Crippen LogP contribution in [0.4, 0.5) is 17.1 Å². The molecular weight excluding hydrogens is 927 g/mol. The predicted molar refractivity (Wildman–Crippen MR) is 302 cm³/mol. The maximum Gasteiger partial charge on any atom is 0.0736 e. The standard InChI is InChI=1S/C68H41NS3/c1-7-24-50-45(19-1)46-20-2-8-25-51(46)67(50)54-28-11-15-33-61(54)71-63-38-36-42(40-56(63)67)44-18-5-13-30-58(44)69(59-31-17-35-65-66(59)49-23-6-14-32-60(49)70-65)43-37-39-64-57(41-43)68(55-29-12-16-34-62(55)72-64)52-26-9-3-21-47(52)48-22-4-10-27-53(48)68/h1-41H. The molecule has 4 heteroatoms. The van der Waals surface area contributed by atoms with E-state index >= 15 is 0 Å². The van der Waals surface area contributed by atoms with Crippen molar-refractivity contribution in [2.75, 3.05) is 4.90 Å². The summed E-state index contributed by atoms with van der Waals surface area (Å²) in [6, 6.07) is 94.3. The summed E-state index contributed by atoms with van der Waals surface area (Å²) in [7, 11) is 0. The van der Waals surface area contributed by atoms with E-state index in [1.165, 1.54) is 123 Å². The molecule has 12 aromatic rings. The van der Waals surface area contributed by atoms with E-state index in [9.17, 15) is 0 Å². The van der Waals surface area contributed by atoms with Crippen LogP contribution in [0.3, 0.4) is 0 Å². The van der Waals surface area contributed by atoms with E-state index in [0.29, 0.717) is 0 Å². The van der Waals surface area contributed by atoms with Crippen molar-refractivity contribution >= 4 is 72.1 Å². The van der Waals surface area contributed by atoms with Gasteiger partial charge in [0.15, 0.2) is 0 Å². The first-order chi connectivity index (χ1) is 35.7. The molecule has 1 aromatic heterocycles. The molecule has 0 amide bonds. The minimum atomic E-state index is -0.513. The van der Waals surface area contributed by atoms with Gasteiger partial charge in [0, 0.05) is 51.0 Å². The zero-order valence-electron chi connectivity index (χ0n) is 38.8. The molecule has 0 saturated carbocycles. The third-order valence-corrected chi connectivity index (χ3v) is 19.5. The van der Waals surface area contributed by atoms with Gasteiger partial charge in [-0.25, -0.2) is 0 Å². The molecule has 0 bridgehead atoms. The summed E-state index contributed by atoms with van der Waals surface area (Å²) < 4.78 is 2.57. The largest absolute Gasteiger partial charge is 0.309 e. The summed E-state index contributed by atoms with van der Waals surface area (Å²) in [5, 5.41) is 2.55. The number of thiophene rings is 1. The highest BCUT2D eigenvalue weighted by molar-refractivity contribution is 7.99. The average molecular weight is 968 g/mol. The molecular formula is C68H41NS3. The lowest BCUT2D eigenvalue weighted by atomic mass is 9.67. The van der Waals surface area contributed by atoms with Crippen molar-refractivity contribution in [2.45, 2.75) is 30.4 Å². The Bertz CT molecular complexity index is 4180. The van der Waals surface area contributed by atoms with Crippen LogP contribution < -0.4 is 4.90 Å². The Labute approximate surface area is 431 Å². The number of hydrogen-bond donors (Lipinski definition) is 0. The van der Waals surface area contributed by atoms with Crippen LogP contribution in [0.15, 0.2) is 268 Å². The van der Waals surface area contributed by atoms with Crippen LogP contribution in [0.1, 0.15) is 44.5 Å². The van der Waals surface area contributed by atoms with E-state index in [0.717, 1.165) is 11.4 Å². The Morgan fingerprint density at radius 2 is 0.722 bits per heavy atom. The molecule has 2 spiro atoms. The van der Waals surface area contributed by atoms with Crippen LogP contribution in [0.5, 0.6) is 0 Å². The zero-order valence-corrected chi connectivity index (χ0v) is 41.3. The fourth-order valence-corrected chi connectivity index (χ4v) is 16.7. The Kier molecular flexibility index (Phi) is 8.69. The summed E-state index contributed by atoms with van der Waals surface area (Å²) >= 11 is 5.68. The van der Waals surface area contributed by atoms with Crippen LogP contribution in [-0.2, 0) is 10.8 Å². The van der Waals surface area contributed by atoms with E-state index in [1.807, 2.05) is 34.9 Å². The van der Waals surface area contributed by atoms with E-state index in [2.05, 4.69) is 254 Å². The first-order valence-corrected chi connectivity index (χ1v) is 27.2. The molecule has 0 unspecified atom stereocenters. The molecule has 0 atom stereocenters. The number of rotatable bonds is 4. The SMILES string of the molecule is c1ccc2c(c1)Sc1ccc(-c3ccccc3N(c3ccc4c(c3)C3(c5ccccc5S4)c4ccccc4-c4ccccc43)c3cccc4sc5ccccc5c34)cc1C21c2ccccc2-c2ccccc21. The molecule has 336 valence electrons. The number of para-hydroxylation sites is 1. The molecule has 0 N–H and O–H groups in total. The van der Waals surface area contributed by atoms with Gasteiger partial charge >= 0.3 is 0 Å². The number of nitrogens with zero attached hydrogens (tertiary/aromatic N) is 1. The second-order valence-electron chi connectivity index (χ2n) is 19.4. The van der Waals surface area contributed by atoms with Gasteiger partial charge in [-0.15, -0.1) is 11.3 Å². The molecule has 11 aromatic carbocycles. The highest BCUT2D eigenvalue weighted by Crippen LogP contribution is 2.65. The Balaban J connectivity index is 0.971. The molecule has 4 aliphatic rings. The number of hydrogen-bond acceptors (Lipinski definition) is 4. The molecule has 2 aliphatic heterocycles. The second kappa shape index (κ2) is 15.3. The topological polar surface area (TPSA) is 3.24 Å². The third-order valence-electron chi connectivity index (χ3n) is 16.0. The highest BCUT2D eigenvalue weighted by atomic mass is 32.2. The van der Waals surface area contributed by atoms with Gasteiger partial charge < -0.3 is 4.90 Å². The van der Waals surface area contributed by atoms with Crippen molar-refractivity contribution in [3.05, 3.63) is 293 Å². The molecule has 3 heterocycles. The lowest BCUT2D eigenvalue weighted by molar-refractivity contribution is 0.722. The minimum Gasteiger partial charge on any atom is -0.309 e. The van der Waals surface area contributed by atoms with Gasteiger partial charge in [0.25, 0.3) is 0 Å². The van der Waals surface area contributed by atoms with Crippen molar-refractivity contribution in [3.8, 4) is 33.4 Å². The predicted octanol–water partition coefficient (Wildman–Crippen LogP) is 18.8. The van der Waals surface area contributed by atoms with Crippen LogP contribution >= 0.6 is 34.9 Å². The summed E-state index contributed by atoms with van der Waals surface area (Å²) in [5.74, 6) is 0. The fourth-order valence-electron chi connectivity index (χ4n) is 13.3. The normalized spacial score (nSPS) is 14.5. The lowest BCUT2D eigenvalue weighted by Gasteiger charge is -2.40. The summed E-state index contributed by atoms with van der Waals surface area (Å²) in [4.78, 5) is 7.78. The summed E-state index contributed by atoms with van der Waals surface area (Å²) in [5.41, 5.74) is 20.8. The number of fused-ring (bicyclic) bond motifs is 21. The second-order valence-corrected chi connectivity index (χ2v) is 22.6. The van der Waals surface area contributed by atoms with E-state index in [1.54, 1.807) is 0 Å². The maximum absolute atomic E-state index is 2.59. The summed E-state index contributed by atoms with van der Waals surface area (Å²) in [6.07, 6.45) is 0. The molecule has 2 aliphatic carbocycles. The van der Waals surface area contributed by atoms with Crippen LogP contribution in [0.25, 0.3) is 53.6 Å². The first-order valence-electron chi connectivity index (χ1n) is 24.7. The molecule has 1 nitrogen and oxygen atoms in total. The van der Waals surface area contributed by atoms with Gasteiger partial charge in [0.1, 0.15) is 0 Å². The smallest absolute Gasteiger partial charge is 0.0736 e. The number of anilines is 3. The zero-order chi connectivity index (χ0) is 47.1. The maximum atomic E-state index is 2.59. The monoisotopic (exact) mass is 967 g/mol. The number of benzene rings is 11. The van der Waals surface area contributed by atoms with Crippen molar-refractivity contribution in [2.24, 2.45) is 0 Å². The Hall–Kier alpha value is -7.86. The molecule has 16 rings (SSSR count). The van der Waals surface area contributed by atoms with E-state index in [-0.39, 0.29) is 0 Å². The van der Waals surface area contributed by atoms with Crippen molar-refractivity contribution < 1.29 is 0 Å². The van der Waals surface area contributed by atoms with Gasteiger partial charge in [-0.2, -0.15) is 0 Å². The third kappa shape index (κ3) is 5.36. The first kappa shape index (κ1) is 40.8. The van der Waals surface area contributed by atoms with Gasteiger partial charge in [0.05, 0.1) is 22.2 Å².